The highest BCUT2D eigenvalue weighted by molar-refractivity contribution is 7.90. The van der Waals surface area contributed by atoms with Crippen LogP contribution in [-0.4, -0.2) is 70.0 Å². The van der Waals surface area contributed by atoms with Crippen molar-refractivity contribution in [1.82, 2.24) is 14.8 Å². The van der Waals surface area contributed by atoms with Gasteiger partial charge in [0.2, 0.25) is 26.0 Å². The first-order valence-electron chi connectivity index (χ1n) is 15.1. The lowest BCUT2D eigenvalue weighted by Crippen LogP contribution is -2.48. The number of ether oxygens (including phenoxy) is 1. The molecule has 2 aliphatic heterocycles. The molecule has 48 heavy (non-hydrogen) atoms. The van der Waals surface area contributed by atoms with Crippen molar-refractivity contribution in [3.8, 4) is 11.5 Å². The van der Waals surface area contributed by atoms with Gasteiger partial charge in [0.15, 0.2) is 0 Å². The summed E-state index contributed by atoms with van der Waals surface area (Å²) in [6, 6.07) is 12.9. The summed E-state index contributed by atoms with van der Waals surface area (Å²) in [6.07, 6.45) is 1.82. The summed E-state index contributed by atoms with van der Waals surface area (Å²) in [5.74, 6) is -2.52. The average molecular weight is 703 g/mol. The largest absolute Gasteiger partial charge is 0.507 e. The Hall–Kier alpha value is -4.54. The maximum absolute atomic E-state index is 13.9. The summed E-state index contributed by atoms with van der Waals surface area (Å²) in [5.41, 5.74) is 1.46. The number of nitrogens with one attached hydrogen (secondary N) is 3. The highest BCUT2D eigenvalue weighted by Gasteiger charge is 2.38. The molecule has 3 aromatic carbocycles. The van der Waals surface area contributed by atoms with Crippen molar-refractivity contribution in [1.29, 1.82) is 0 Å². The molecule has 256 valence electrons. The minimum atomic E-state index is -4.19. The Morgan fingerprint density at radius 3 is 2.60 bits per heavy atom. The van der Waals surface area contributed by atoms with Gasteiger partial charge in [0.05, 0.1) is 30.5 Å². The summed E-state index contributed by atoms with van der Waals surface area (Å²) in [7, 11) is -8.04. The van der Waals surface area contributed by atoms with Gasteiger partial charge in [-0.2, -0.15) is 0 Å². The first-order chi connectivity index (χ1) is 22.7. The molecule has 1 saturated heterocycles. The molecule has 0 spiro atoms. The van der Waals surface area contributed by atoms with Crippen LogP contribution in [0.25, 0.3) is 0 Å². The molecular formula is C32H35FN4O9S2. The number of aromatic carboxylic acids is 1. The van der Waals surface area contributed by atoms with Crippen molar-refractivity contribution in [2.75, 3.05) is 13.2 Å². The Labute approximate surface area is 277 Å². The van der Waals surface area contributed by atoms with E-state index >= 15 is 0 Å². The number of amides is 1. The number of hydrogen-bond acceptors (Lipinski definition) is 10. The van der Waals surface area contributed by atoms with Crippen LogP contribution in [-0.2, 0) is 31.3 Å². The van der Waals surface area contributed by atoms with E-state index in [0.717, 1.165) is 12.1 Å². The molecule has 0 bridgehead atoms. The Morgan fingerprint density at radius 1 is 1.15 bits per heavy atom. The molecule has 5 N–H and O–H groups in total. The first kappa shape index (κ1) is 34.8. The van der Waals surface area contributed by atoms with E-state index in [1.807, 2.05) is 4.72 Å². The predicted molar refractivity (Wildman–Crippen MR) is 173 cm³/mol. The summed E-state index contributed by atoms with van der Waals surface area (Å²) in [6.45, 7) is 2.29. The molecule has 1 amide bonds. The van der Waals surface area contributed by atoms with E-state index in [4.69, 9.17) is 4.74 Å². The van der Waals surface area contributed by atoms with Crippen LogP contribution in [0.4, 0.5) is 4.39 Å². The fraction of sp³-hybridized carbons (Fsp3) is 0.344. The lowest BCUT2D eigenvalue weighted by molar-refractivity contribution is -0.118. The van der Waals surface area contributed by atoms with Crippen molar-refractivity contribution < 1.29 is 45.8 Å². The SMILES string of the molecule is Cc1cc(CC(NS(=O)(=O)c2cccc(F)c2)C2=NCC(CCCCOc3cccc(O)c3C(=O)O)N2)ccc1C1CC(=O)NS1(=O)=O. The maximum Gasteiger partial charge on any atom is 0.343 e. The highest BCUT2D eigenvalue weighted by atomic mass is 32.2. The molecule has 2 aliphatic rings. The molecular weight excluding hydrogens is 668 g/mol. The van der Waals surface area contributed by atoms with Gasteiger partial charge in [-0.05, 0) is 79.6 Å². The van der Waals surface area contributed by atoms with Crippen molar-refractivity contribution >= 4 is 37.8 Å². The fourth-order valence-electron chi connectivity index (χ4n) is 5.78. The second-order valence-corrected chi connectivity index (χ2v) is 15.2. The number of benzene rings is 3. The number of hydrogen-bond donors (Lipinski definition) is 5. The van der Waals surface area contributed by atoms with Gasteiger partial charge in [0.25, 0.3) is 0 Å². The molecule has 0 aliphatic carbocycles. The van der Waals surface area contributed by atoms with E-state index in [2.05, 4.69) is 15.0 Å². The molecule has 0 saturated carbocycles. The molecule has 5 rings (SSSR count). The van der Waals surface area contributed by atoms with Crippen molar-refractivity contribution in [3.05, 3.63) is 88.7 Å². The number of aryl methyl sites for hydroxylation is 1. The van der Waals surface area contributed by atoms with Crippen LogP contribution in [0, 0.1) is 12.7 Å². The van der Waals surface area contributed by atoms with E-state index in [1.165, 1.54) is 30.3 Å². The molecule has 3 aromatic rings. The molecule has 13 nitrogen and oxygen atoms in total. The van der Waals surface area contributed by atoms with Crippen molar-refractivity contribution in [2.45, 2.75) is 61.3 Å². The second kappa shape index (κ2) is 14.3. The first-order valence-corrected chi connectivity index (χ1v) is 18.2. The standard InChI is InChI=1S/C32H35FN4O9S2/c1-19-14-20(11-12-24(19)28-17-29(39)37-48(28,44)45)15-25(36-47(42,43)23-8-4-6-21(33)16-23)31-34-18-22(35-31)7-2-3-13-46-27-10-5-9-26(38)30(27)32(40)41/h4-6,8-12,14,16,22,25,28,36,38H,2-3,7,13,15,17-18H2,1H3,(H,34,35)(H,37,39)(H,40,41). The Kier molecular flexibility index (Phi) is 10.4. The minimum Gasteiger partial charge on any atom is -0.507 e. The van der Waals surface area contributed by atoms with Crippen LogP contribution in [0.15, 0.2) is 70.6 Å². The summed E-state index contributed by atoms with van der Waals surface area (Å²) >= 11 is 0. The monoisotopic (exact) mass is 702 g/mol. The third-order valence-corrected chi connectivity index (χ3v) is 11.3. The number of aliphatic imine (C=N–C) groups is 1. The number of carboxylic acids is 1. The van der Waals surface area contributed by atoms with Crippen LogP contribution in [0.5, 0.6) is 11.5 Å². The summed E-state index contributed by atoms with van der Waals surface area (Å²) in [5, 5.41) is 21.5. The maximum atomic E-state index is 13.9. The van der Waals surface area contributed by atoms with Gasteiger partial charge in [-0.15, -0.1) is 0 Å². The summed E-state index contributed by atoms with van der Waals surface area (Å²) < 4.78 is 75.7. The van der Waals surface area contributed by atoms with E-state index in [-0.39, 0.29) is 47.4 Å². The third kappa shape index (κ3) is 8.11. The average Bonchev–Trinajstić information content (AvgIpc) is 3.59. The van der Waals surface area contributed by atoms with Crippen LogP contribution in [0.1, 0.15) is 58.0 Å². The van der Waals surface area contributed by atoms with E-state index in [0.29, 0.717) is 48.3 Å². The quantitative estimate of drug-likeness (QED) is 0.156. The number of carbonyl (C=O) groups is 2. The zero-order valence-electron chi connectivity index (χ0n) is 25.8. The third-order valence-electron chi connectivity index (χ3n) is 8.11. The normalized spacial score (nSPS) is 19.3. The van der Waals surface area contributed by atoms with Crippen LogP contribution in [0.2, 0.25) is 0 Å². The summed E-state index contributed by atoms with van der Waals surface area (Å²) in [4.78, 5) is 27.6. The number of carboxylic acid groups (broad SMARTS) is 1. The number of aromatic hydroxyl groups is 1. The Morgan fingerprint density at radius 2 is 1.92 bits per heavy atom. The predicted octanol–water partition coefficient (Wildman–Crippen LogP) is 2.94. The van der Waals surface area contributed by atoms with Crippen molar-refractivity contribution in [3.63, 3.8) is 0 Å². The fourth-order valence-corrected chi connectivity index (χ4v) is 8.53. The highest BCUT2D eigenvalue weighted by Crippen LogP contribution is 2.33. The van der Waals surface area contributed by atoms with Gasteiger partial charge in [0.1, 0.15) is 34.0 Å². The van der Waals surface area contributed by atoms with E-state index in [9.17, 15) is 41.0 Å². The Balaban J connectivity index is 1.26. The zero-order valence-corrected chi connectivity index (χ0v) is 27.5. The van der Waals surface area contributed by atoms with Gasteiger partial charge in [-0.3, -0.25) is 14.5 Å². The van der Waals surface area contributed by atoms with Crippen LogP contribution < -0.4 is 19.5 Å². The van der Waals surface area contributed by atoms with Crippen molar-refractivity contribution in [2.24, 2.45) is 4.99 Å². The lowest BCUT2D eigenvalue weighted by atomic mass is 9.97. The van der Waals surface area contributed by atoms with Gasteiger partial charge >= 0.3 is 5.97 Å². The molecule has 2 heterocycles. The van der Waals surface area contributed by atoms with E-state index < -0.39 is 49.0 Å². The van der Waals surface area contributed by atoms with Gasteiger partial charge in [-0.25, -0.2) is 30.7 Å². The molecule has 3 unspecified atom stereocenters. The van der Waals surface area contributed by atoms with Crippen LogP contribution in [0.3, 0.4) is 0 Å². The topological polar surface area (TPSA) is 201 Å². The van der Waals surface area contributed by atoms with Crippen LogP contribution >= 0.6 is 0 Å². The number of unbranched alkanes of at least 4 members (excludes halogenated alkanes) is 1. The molecule has 1 fully saturated rings. The Bertz CT molecular complexity index is 1970. The molecule has 3 atom stereocenters. The number of rotatable bonds is 14. The number of halogens is 1. The number of nitrogens with zero attached hydrogens (tertiary/aromatic N) is 1. The van der Waals surface area contributed by atoms with Gasteiger partial charge in [0, 0.05) is 6.04 Å². The second-order valence-electron chi connectivity index (χ2n) is 11.7. The molecule has 16 heteroatoms. The van der Waals surface area contributed by atoms with E-state index in [1.54, 1.807) is 25.1 Å². The number of sulfonamides is 2. The number of amidine groups is 1. The number of phenols is 1. The molecule has 0 radical (unpaired) electrons. The van der Waals surface area contributed by atoms with Gasteiger partial charge in [-0.1, -0.05) is 30.3 Å². The number of carbonyl (C=O) groups excluding carboxylic acids is 1. The lowest BCUT2D eigenvalue weighted by Gasteiger charge is -2.22. The molecule has 0 aromatic heterocycles. The van der Waals surface area contributed by atoms with Gasteiger partial charge < -0.3 is 20.3 Å². The zero-order chi connectivity index (χ0) is 34.6. The smallest absolute Gasteiger partial charge is 0.343 e. The minimum absolute atomic E-state index is 0.0684.